The van der Waals surface area contributed by atoms with Gasteiger partial charge >= 0.3 is 0 Å². The lowest BCUT2D eigenvalue weighted by Crippen LogP contribution is -2.53. The van der Waals surface area contributed by atoms with Gasteiger partial charge in [0.25, 0.3) is 10.2 Å². The second-order valence-electron chi connectivity index (χ2n) is 5.48. The number of rotatable bonds is 7. The van der Waals surface area contributed by atoms with Crippen LogP contribution in [0.15, 0.2) is 0 Å². The van der Waals surface area contributed by atoms with E-state index >= 15 is 0 Å². The van der Waals surface area contributed by atoms with Crippen molar-refractivity contribution in [3.63, 3.8) is 0 Å². The fraction of sp³-hybridized carbons (Fsp3) is 1.00. The minimum atomic E-state index is -3.34. The fourth-order valence-corrected chi connectivity index (χ4v) is 4.28. The van der Waals surface area contributed by atoms with E-state index in [2.05, 4.69) is 13.8 Å². The Balaban J connectivity index is 2.76. The first kappa shape index (κ1) is 16.9. The highest BCUT2D eigenvalue weighted by atomic mass is 32.2. The van der Waals surface area contributed by atoms with Crippen molar-refractivity contribution in [3.05, 3.63) is 0 Å². The fourth-order valence-electron chi connectivity index (χ4n) is 2.68. The van der Waals surface area contributed by atoms with Crippen LogP contribution in [0.1, 0.15) is 46.0 Å². The standard InChI is InChI=1S/C13H29N3O2S/c1-4-6-8-15(3)19(17,18)16-9-7-12(5-2)10-13(16)11-14/h12-13H,4-11,14H2,1-3H3. The molecule has 0 aromatic rings. The van der Waals surface area contributed by atoms with Crippen molar-refractivity contribution in [1.82, 2.24) is 8.61 Å². The van der Waals surface area contributed by atoms with Crippen molar-refractivity contribution in [1.29, 1.82) is 0 Å². The average molecular weight is 291 g/mol. The Morgan fingerprint density at radius 2 is 2.05 bits per heavy atom. The Hall–Kier alpha value is -0.170. The lowest BCUT2D eigenvalue weighted by atomic mass is 9.90. The molecule has 19 heavy (non-hydrogen) atoms. The predicted octanol–water partition coefficient (Wildman–Crippen LogP) is 1.41. The number of unbranched alkanes of at least 4 members (excludes halogenated alkanes) is 1. The molecule has 1 fully saturated rings. The van der Waals surface area contributed by atoms with Crippen molar-refractivity contribution >= 4 is 10.2 Å². The Labute approximate surface area is 118 Å². The van der Waals surface area contributed by atoms with Crippen LogP contribution in [0.5, 0.6) is 0 Å². The van der Waals surface area contributed by atoms with Gasteiger partial charge in [0.15, 0.2) is 0 Å². The van der Waals surface area contributed by atoms with Crippen LogP contribution in [-0.2, 0) is 10.2 Å². The van der Waals surface area contributed by atoms with E-state index < -0.39 is 10.2 Å². The maximum absolute atomic E-state index is 12.6. The molecule has 2 N–H and O–H groups in total. The molecule has 0 aromatic carbocycles. The van der Waals surface area contributed by atoms with Gasteiger partial charge in [-0.1, -0.05) is 26.7 Å². The summed E-state index contributed by atoms with van der Waals surface area (Å²) < 4.78 is 28.2. The maximum Gasteiger partial charge on any atom is 0.282 e. The van der Waals surface area contributed by atoms with E-state index in [1.54, 1.807) is 11.4 Å². The zero-order valence-electron chi connectivity index (χ0n) is 12.5. The van der Waals surface area contributed by atoms with E-state index in [1.807, 2.05) is 0 Å². The monoisotopic (exact) mass is 291 g/mol. The van der Waals surface area contributed by atoms with Crippen molar-refractivity contribution in [3.8, 4) is 0 Å². The molecule has 2 atom stereocenters. The first-order chi connectivity index (χ1) is 8.97. The number of piperidine rings is 1. The smallest absolute Gasteiger partial charge is 0.282 e. The van der Waals surface area contributed by atoms with Crippen LogP contribution >= 0.6 is 0 Å². The summed E-state index contributed by atoms with van der Waals surface area (Å²) >= 11 is 0. The minimum absolute atomic E-state index is 0.0345. The highest BCUT2D eigenvalue weighted by molar-refractivity contribution is 7.86. The van der Waals surface area contributed by atoms with Crippen LogP contribution in [0, 0.1) is 5.92 Å². The lowest BCUT2D eigenvalue weighted by molar-refractivity contribution is 0.187. The van der Waals surface area contributed by atoms with Gasteiger partial charge in [0.2, 0.25) is 0 Å². The van der Waals surface area contributed by atoms with E-state index in [4.69, 9.17) is 5.73 Å². The summed E-state index contributed by atoms with van der Waals surface area (Å²) in [4.78, 5) is 0. The van der Waals surface area contributed by atoms with Gasteiger partial charge in [-0.3, -0.25) is 0 Å². The quantitative estimate of drug-likeness (QED) is 0.771. The second-order valence-corrected chi connectivity index (χ2v) is 7.47. The third kappa shape index (κ3) is 4.15. The largest absolute Gasteiger partial charge is 0.329 e. The molecule has 1 saturated heterocycles. The summed E-state index contributed by atoms with van der Waals surface area (Å²) in [5, 5.41) is 0. The maximum atomic E-state index is 12.6. The van der Waals surface area contributed by atoms with E-state index in [-0.39, 0.29) is 6.04 Å². The number of hydrogen-bond donors (Lipinski definition) is 1. The number of hydrogen-bond acceptors (Lipinski definition) is 3. The summed E-state index contributed by atoms with van der Waals surface area (Å²) in [5.74, 6) is 0.612. The van der Waals surface area contributed by atoms with Crippen LogP contribution in [0.3, 0.4) is 0 Å². The molecule has 0 amide bonds. The number of nitrogens with two attached hydrogens (primary N) is 1. The molecule has 6 heteroatoms. The molecular weight excluding hydrogens is 262 g/mol. The normalized spacial score (nSPS) is 25.9. The first-order valence-corrected chi connectivity index (χ1v) is 8.80. The summed E-state index contributed by atoms with van der Waals surface area (Å²) in [6.45, 7) is 5.84. The third-order valence-electron chi connectivity index (χ3n) is 4.14. The molecule has 5 nitrogen and oxygen atoms in total. The summed E-state index contributed by atoms with van der Waals surface area (Å²) in [7, 11) is -1.67. The van der Waals surface area contributed by atoms with Crippen molar-refractivity contribution in [2.45, 2.75) is 52.0 Å². The Morgan fingerprint density at radius 1 is 1.37 bits per heavy atom. The van der Waals surface area contributed by atoms with Gasteiger partial charge in [-0.2, -0.15) is 17.0 Å². The van der Waals surface area contributed by atoms with Gasteiger partial charge in [-0.15, -0.1) is 0 Å². The van der Waals surface area contributed by atoms with Gasteiger partial charge in [-0.25, -0.2) is 0 Å². The zero-order valence-corrected chi connectivity index (χ0v) is 13.3. The molecular formula is C13H29N3O2S. The predicted molar refractivity (Wildman–Crippen MR) is 79.0 cm³/mol. The molecule has 114 valence electrons. The van der Waals surface area contributed by atoms with Gasteiger partial charge in [-0.05, 0) is 25.2 Å². The topological polar surface area (TPSA) is 66.6 Å². The first-order valence-electron chi connectivity index (χ1n) is 7.40. The van der Waals surface area contributed by atoms with Gasteiger partial charge in [0.1, 0.15) is 0 Å². The summed E-state index contributed by atoms with van der Waals surface area (Å²) in [5.41, 5.74) is 5.78. The molecule has 1 aliphatic rings. The SMILES string of the molecule is CCCCN(C)S(=O)(=O)N1CCC(CC)CC1CN. The average Bonchev–Trinajstić information content (AvgIpc) is 2.43. The minimum Gasteiger partial charge on any atom is -0.329 e. The van der Waals surface area contributed by atoms with Crippen molar-refractivity contribution in [2.75, 3.05) is 26.7 Å². The van der Waals surface area contributed by atoms with Crippen LogP contribution < -0.4 is 5.73 Å². The van der Waals surface area contributed by atoms with Gasteiger partial charge in [0.05, 0.1) is 0 Å². The summed E-state index contributed by atoms with van der Waals surface area (Å²) in [6, 6.07) is -0.0345. The van der Waals surface area contributed by atoms with Gasteiger partial charge < -0.3 is 5.73 Å². The molecule has 0 spiro atoms. The molecule has 1 heterocycles. The van der Waals surface area contributed by atoms with Crippen LogP contribution in [-0.4, -0.2) is 49.8 Å². The van der Waals surface area contributed by atoms with E-state index in [1.165, 1.54) is 4.31 Å². The van der Waals surface area contributed by atoms with Crippen LogP contribution in [0.25, 0.3) is 0 Å². The van der Waals surface area contributed by atoms with Crippen molar-refractivity contribution < 1.29 is 8.42 Å². The Morgan fingerprint density at radius 3 is 2.58 bits per heavy atom. The van der Waals surface area contributed by atoms with E-state index in [0.29, 0.717) is 25.6 Å². The Bertz CT molecular complexity index is 359. The summed E-state index contributed by atoms with van der Waals surface area (Å²) in [6.07, 6.45) is 4.85. The molecule has 0 saturated carbocycles. The van der Waals surface area contributed by atoms with Gasteiger partial charge in [0, 0.05) is 32.7 Å². The molecule has 2 unspecified atom stereocenters. The highest BCUT2D eigenvalue weighted by Crippen LogP contribution is 2.27. The highest BCUT2D eigenvalue weighted by Gasteiger charge is 2.36. The molecule has 1 aliphatic heterocycles. The van der Waals surface area contributed by atoms with Crippen LogP contribution in [0.4, 0.5) is 0 Å². The van der Waals surface area contributed by atoms with Crippen LogP contribution in [0.2, 0.25) is 0 Å². The van der Waals surface area contributed by atoms with Crippen molar-refractivity contribution in [2.24, 2.45) is 11.7 Å². The molecule has 0 aliphatic carbocycles. The third-order valence-corrected chi connectivity index (χ3v) is 6.18. The molecule has 1 rings (SSSR count). The second kappa shape index (κ2) is 7.57. The zero-order chi connectivity index (χ0) is 14.5. The lowest BCUT2D eigenvalue weighted by Gasteiger charge is -2.39. The molecule has 0 bridgehead atoms. The van der Waals surface area contributed by atoms with E-state index in [9.17, 15) is 8.42 Å². The van der Waals surface area contributed by atoms with E-state index in [0.717, 1.165) is 32.1 Å². The Kier molecular flexibility index (Phi) is 6.73. The number of nitrogens with zero attached hydrogens (tertiary/aromatic N) is 2. The molecule has 0 aromatic heterocycles. The molecule has 0 radical (unpaired) electrons.